The molecule has 2 aromatic carbocycles. The minimum atomic E-state index is -1.27. The van der Waals surface area contributed by atoms with Crippen molar-refractivity contribution >= 4 is 46.7 Å². The number of carbonyl (C=O) groups is 3. The Morgan fingerprint density at radius 2 is 1.80 bits per heavy atom. The number of nitrogens with zero attached hydrogens (tertiary/aromatic N) is 1. The van der Waals surface area contributed by atoms with Gasteiger partial charge in [-0.3, -0.25) is 24.6 Å². The molecular weight excluding hydrogens is 618 g/mol. The molecule has 6 rings (SSSR count). The lowest BCUT2D eigenvalue weighted by Crippen LogP contribution is -2.60. The quantitative estimate of drug-likeness (QED) is 0.356. The summed E-state index contributed by atoms with van der Waals surface area (Å²) in [6.45, 7) is 6.98. The Morgan fingerprint density at radius 1 is 1.09 bits per heavy atom. The normalized spacial score (nSPS) is 26.6. The van der Waals surface area contributed by atoms with Gasteiger partial charge in [0.05, 0.1) is 17.6 Å². The predicted molar refractivity (Wildman–Crippen MR) is 172 cm³/mol. The van der Waals surface area contributed by atoms with Gasteiger partial charge in [0, 0.05) is 41.3 Å². The van der Waals surface area contributed by atoms with Crippen LogP contribution in [0.3, 0.4) is 0 Å². The first-order valence-corrected chi connectivity index (χ1v) is 16.7. The van der Waals surface area contributed by atoms with Crippen LogP contribution in [0.4, 0.5) is 10.1 Å². The van der Waals surface area contributed by atoms with Crippen LogP contribution in [-0.4, -0.2) is 65.5 Å². The molecule has 3 atom stereocenters. The highest BCUT2D eigenvalue weighted by Crippen LogP contribution is 2.62. The first-order valence-electron chi connectivity index (χ1n) is 15.9. The second-order valence-electron chi connectivity index (χ2n) is 14.0. The summed E-state index contributed by atoms with van der Waals surface area (Å²) >= 11 is 12.7. The molecule has 242 valence electrons. The lowest BCUT2D eigenvalue weighted by Gasteiger charge is -2.47. The van der Waals surface area contributed by atoms with E-state index in [2.05, 4.69) is 16.0 Å². The molecule has 0 aromatic heterocycles. The van der Waals surface area contributed by atoms with Gasteiger partial charge in [-0.2, -0.15) is 0 Å². The molecule has 3 fully saturated rings. The van der Waals surface area contributed by atoms with Crippen LogP contribution in [0, 0.1) is 5.82 Å². The number of hydrogen-bond donors (Lipinski definition) is 3. The molecule has 1 saturated carbocycles. The van der Waals surface area contributed by atoms with E-state index >= 15 is 4.39 Å². The third kappa shape index (κ3) is 5.75. The number of ether oxygens (including phenoxy) is 1. The van der Waals surface area contributed by atoms with Crippen LogP contribution in [0.25, 0.3) is 0 Å². The van der Waals surface area contributed by atoms with E-state index in [0.717, 1.165) is 24.8 Å². The molecular formula is C34H41Cl2FN4O4. The van der Waals surface area contributed by atoms with Crippen molar-refractivity contribution in [2.24, 2.45) is 0 Å². The lowest BCUT2D eigenvalue weighted by molar-refractivity contribution is -0.156. The molecule has 0 bridgehead atoms. The van der Waals surface area contributed by atoms with E-state index in [1.165, 1.54) is 6.07 Å². The van der Waals surface area contributed by atoms with E-state index < -0.39 is 34.3 Å². The number of hydrogen-bond acceptors (Lipinski definition) is 6. The summed E-state index contributed by atoms with van der Waals surface area (Å²) in [4.78, 5) is 43.2. The minimum Gasteiger partial charge on any atom is -0.459 e. The Hall–Kier alpha value is -2.72. The number of benzene rings is 2. The average molecular weight is 660 g/mol. The molecule has 2 amide bonds. The highest BCUT2D eigenvalue weighted by molar-refractivity contribution is 6.31. The number of piperidine rings is 1. The average Bonchev–Trinajstić information content (AvgIpc) is 3.42. The van der Waals surface area contributed by atoms with Crippen molar-refractivity contribution in [3.8, 4) is 0 Å². The Bertz CT molecular complexity index is 1500. The maximum atomic E-state index is 16.1. The molecule has 8 nitrogen and oxygen atoms in total. The molecule has 3 N–H and O–H groups in total. The first kappa shape index (κ1) is 32.2. The third-order valence-corrected chi connectivity index (χ3v) is 10.5. The summed E-state index contributed by atoms with van der Waals surface area (Å²) in [5.74, 6) is -2.30. The Balaban J connectivity index is 1.33. The zero-order valence-corrected chi connectivity index (χ0v) is 27.5. The second-order valence-corrected chi connectivity index (χ2v) is 14.8. The standard InChI is InChI=1S/C34H41Cl2FN4O4/c1-32(2,3)45-26(42)19-41-16-12-21(13-17-41)38-30(43)29-27(22-8-7-9-24(36)28(22)37)34(33(40-29)14-5-4-6-15-33)23-11-10-20(35)18-25(23)39-31(34)44/h7-11,18,21,27,29,40H,4-6,12-17,19H2,1-3H3,(H,38,43)(H,39,44)/t27-,29+,34+/m0/s1. The number of rotatable bonds is 5. The van der Waals surface area contributed by atoms with Gasteiger partial charge in [-0.25, -0.2) is 4.39 Å². The molecule has 1 aliphatic carbocycles. The van der Waals surface area contributed by atoms with E-state index in [4.69, 9.17) is 27.9 Å². The number of nitrogens with one attached hydrogen (secondary N) is 3. The summed E-state index contributed by atoms with van der Waals surface area (Å²) in [5.41, 5.74) is -1.05. The van der Waals surface area contributed by atoms with Gasteiger partial charge in [-0.15, -0.1) is 0 Å². The van der Waals surface area contributed by atoms with Crippen molar-refractivity contribution < 1.29 is 23.5 Å². The van der Waals surface area contributed by atoms with Crippen molar-refractivity contribution in [1.29, 1.82) is 0 Å². The summed E-state index contributed by atoms with van der Waals surface area (Å²) in [7, 11) is 0. The number of carbonyl (C=O) groups excluding carboxylic acids is 3. The Labute approximate surface area is 273 Å². The van der Waals surface area contributed by atoms with Gasteiger partial charge < -0.3 is 15.4 Å². The molecule has 45 heavy (non-hydrogen) atoms. The highest BCUT2D eigenvalue weighted by Gasteiger charge is 2.72. The molecule has 2 aromatic rings. The van der Waals surface area contributed by atoms with Crippen LogP contribution in [0.2, 0.25) is 10.0 Å². The van der Waals surface area contributed by atoms with Crippen molar-refractivity contribution in [2.45, 2.75) is 100 Å². The molecule has 3 heterocycles. The maximum absolute atomic E-state index is 16.1. The van der Waals surface area contributed by atoms with Gasteiger partial charge in [0.15, 0.2) is 0 Å². The van der Waals surface area contributed by atoms with Gasteiger partial charge in [0.25, 0.3) is 0 Å². The van der Waals surface area contributed by atoms with Crippen molar-refractivity contribution in [3.63, 3.8) is 0 Å². The van der Waals surface area contributed by atoms with Crippen LogP contribution in [0.15, 0.2) is 36.4 Å². The van der Waals surface area contributed by atoms with Crippen LogP contribution < -0.4 is 16.0 Å². The summed E-state index contributed by atoms with van der Waals surface area (Å²) in [5, 5.41) is 10.4. The largest absolute Gasteiger partial charge is 0.459 e. The van der Waals surface area contributed by atoms with Gasteiger partial charge in [-0.1, -0.05) is 60.7 Å². The zero-order chi connectivity index (χ0) is 32.1. The van der Waals surface area contributed by atoms with Gasteiger partial charge in [0.2, 0.25) is 11.8 Å². The predicted octanol–water partition coefficient (Wildman–Crippen LogP) is 5.70. The van der Waals surface area contributed by atoms with Crippen molar-refractivity contribution in [3.05, 3.63) is 63.4 Å². The smallest absolute Gasteiger partial charge is 0.320 e. The van der Waals surface area contributed by atoms with E-state index in [0.29, 0.717) is 49.5 Å². The van der Waals surface area contributed by atoms with E-state index in [9.17, 15) is 14.4 Å². The lowest BCUT2D eigenvalue weighted by atomic mass is 9.55. The van der Waals surface area contributed by atoms with Crippen molar-refractivity contribution in [2.75, 3.05) is 25.0 Å². The number of esters is 1. The van der Waals surface area contributed by atoms with Crippen LogP contribution in [0.1, 0.15) is 82.8 Å². The van der Waals surface area contributed by atoms with Gasteiger partial charge in [-0.05, 0) is 75.8 Å². The number of likely N-dealkylation sites (tertiary alicyclic amines) is 1. The Morgan fingerprint density at radius 3 is 2.49 bits per heavy atom. The fourth-order valence-corrected chi connectivity index (χ4v) is 8.65. The summed E-state index contributed by atoms with van der Waals surface area (Å²) in [6.07, 6.45) is 5.39. The van der Waals surface area contributed by atoms with Crippen LogP contribution in [-0.2, 0) is 24.5 Å². The highest BCUT2D eigenvalue weighted by atomic mass is 35.5. The molecule has 0 radical (unpaired) electrons. The van der Waals surface area contributed by atoms with E-state index in [1.807, 2.05) is 31.7 Å². The minimum absolute atomic E-state index is 0.0569. The van der Waals surface area contributed by atoms with Crippen molar-refractivity contribution in [1.82, 2.24) is 15.5 Å². The van der Waals surface area contributed by atoms with Gasteiger partial charge in [0.1, 0.15) is 16.8 Å². The van der Waals surface area contributed by atoms with Crippen LogP contribution >= 0.6 is 23.2 Å². The molecule has 0 unspecified atom stereocenters. The number of fused-ring (bicyclic) bond motifs is 3. The third-order valence-electron chi connectivity index (χ3n) is 10.0. The second kappa shape index (κ2) is 12.1. The topological polar surface area (TPSA) is 99.8 Å². The maximum Gasteiger partial charge on any atom is 0.320 e. The molecule has 2 saturated heterocycles. The Kier molecular flexibility index (Phi) is 8.69. The molecule has 11 heteroatoms. The summed E-state index contributed by atoms with van der Waals surface area (Å²) in [6, 6.07) is 9.09. The molecule has 2 spiro atoms. The monoisotopic (exact) mass is 658 g/mol. The van der Waals surface area contributed by atoms with E-state index in [-0.39, 0.29) is 41.0 Å². The number of anilines is 1. The number of amides is 2. The fourth-order valence-electron chi connectivity index (χ4n) is 8.30. The fraction of sp³-hybridized carbons (Fsp3) is 0.559. The van der Waals surface area contributed by atoms with E-state index in [1.54, 1.807) is 24.3 Å². The molecule has 3 aliphatic heterocycles. The first-order chi connectivity index (χ1) is 21.3. The van der Waals surface area contributed by atoms with Crippen LogP contribution in [0.5, 0.6) is 0 Å². The number of halogens is 3. The SMILES string of the molecule is CC(C)(C)OC(=O)CN1CCC(NC(=O)[C@@H]2NC3(CCCCC3)[C@@]3(C(=O)Nc4cc(Cl)ccc43)[C@H]2c2cccc(Cl)c2F)CC1. The van der Waals surface area contributed by atoms with Gasteiger partial charge >= 0.3 is 5.97 Å². The molecule has 4 aliphatic rings. The summed E-state index contributed by atoms with van der Waals surface area (Å²) < 4.78 is 21.5. The zero-order valence-electron chi connectivity index (χ0n) is 26.0.